The van der Waals surface area contributed by atoms with Gasteiger partial charge in [0, 0.05) is 5.56 Å². The van der Waals surface area contributed by atoms with Gasteiger partial charge in [-0.3, -0.25) is 0 Å². The maximum absolute atomic E-state index is 14.4. The second-order valence-electron chi connectivity index (χ2n) is 9.44. The maximum atomic E-state index is 14.4. The first-order chi connectivity index (χ1) is 15.6. The van der Waals surface area contributed by atoms with Crippen molar-refractivity contribution >= 4 is 0 Å². The van der Waals surface area contributed by atoms with E-state index in [4.69, 9.17) is 0 Å². The lowest BCUT2D eigenvalue weighted by Gasteiger charge is -2.41. The summed E-state index contributed by atoms with van der Waals surface area (Å²) in [6.07, 6.45) is 12.7. The number of halogens is 2. The van der Waals surface area contributed by atoms with Crippen molar-refractivity contribution in [3.8, 4) is 11.8 Å². The van der Waals surface area contributed by atoms with Crippen molar-refractivity contribution in [1.82, 2.24) is 0 Å². The van der Waals surface area contributed by atoms with Gasteiger partial charge in [0.25, 0.3) is 0 Å². The van der Waals surface area contributed by atoms with Crippen molar-refractivity contribution < 1.29 is 8.78 Å². The SMILES string of the molecule is C=CCCc1ccc(C#Cc2ccc(C3CCC4CC(C=C)CCC4C3)cc2)c(F)c1F. The molecular weight excluding hydrogens is 398 g/mol. The Balaban J connectivity index is 1.41. The summed E-state index contributed by atoms with van der Waals surface area (Å²) < 4.78 is 28.6. The molecule has 0 aliphatic heterocycles. The first-order valence-electron chi connectivity index (χ1n) is 11.9. The highest BCUT2D eigenvalue weighted by atomic mass is 19.2. The van der Waals surface area contributed by atoms with Crippen LogP contribution in [0.5, 0.6) is 0 Å². The number of fused-ring (bicyclic) bond motifs is 1. The number of hydrogen-bond donors (Lipinski definition) is 0. The van der Waals surface area contributed by atoms with Gasteiger partial charge in [-0.25, -0.2) is 8.78 Å². The van der Waals surface area contributed by atoms with Crippen LogP contribution in [0.15, 0.2) is 61.7 Å². The molecule has 4 atom stereocenters. The molecule has 2 aliphatic rings. The molecule has 166 valence electrons. The van der Waals surface area contributed by atoms with Crippen LogP contribution in [0.25, 0.3) is 0 Å². The number of aryl methyl sites for hydroxylation is 1. The normalized spacial score (nSPS) is 24.7. The van der Waals surface area contributed by atoms with Crippen LogP contribution in [0.2, 0.25) is 0 Å². The van der Waals surface area contributed by atoms with E-state index in [1.54, 1.807) is 18.2 Å². The van der Waals surface area contributed by atoms with Crippen LogP contribution in [0.1, 0.15) is 73.1 Å². The lowest BCUT2D eigenvalue weighted by molar-refractivity contribution is 0.133. The molecule has 0 saturated heterocycles. The summed E-state index contributed by atoms with van der Waals surface area (Å²) >= 11 is 0. The summed E-state index contributed by atoms with van der Waals surface area (Å²) in [5.74, 6) is 7.19. The molecule has 0 nitrogen and oxygen atoms in total. The lowest BCUT2D eigenvalue weighted by Crippen LogP contribution is -2.29. The van der Waals surface area contributed by atoms with Crippen LogP contribution in [0.3, 0.4) is 0 Å². The molecule has 2 heteroatoms. The largest absolute Gasteiger partial charge is 0.203 e. The fourth-order valence-corrected chi connectivity index (χ4v) is 5.56. The quantitative estimate of drug-likeness (QED) is 0.333. The van der Waals surface area contributed by atoms with E-state index in [9.17, 15) is 8.78 Å². The third-order valence-corrected chi connectivity index (χ3v) is 7.49. The van der Waals surface area contributed by atoms with Gasteiger partial charge >= 0.3 is 0 Å². The van der Waals surface area contributed by atoms with Crippen LogP contribution >= 0.6 is 0 Å². The first kappa shape index (κ1) is 22.5. The zero-order chi connectivity index (χ0) is 22.5. The van der Waals surface area contributed by atoms with Gasteiger partial charge in [0.05, 0.1) is 5.56 Å². The van der Waals surface area contributed by atoms with E-state index in [0.29, 0.717) is 30.2 Å². The molecule has 2 aromatic rings. The third-order valence-electron chi connectivity index (χ3n) is 7.49. The van der Waals surface area contributed by atoms with Gasteiger partial charge in [-0.15, -0.1) is 13.2 Å². The Labute approximate surface area is 191 Å². The zero-order valence-corrected chi connectivity index (χ0v) is 18.8. The Kier molecular flexibility index (Phi) is 7.26. The van der Waals surface area contributed by atoms with Crippen LogP contribution in [0, 0.1) is 41.2 Å². The molecule has 0 amide bonds. The summed E-state index contributed by atoms with van der Waals surface area (Å²) in [4.78, 5) is 0. The summed E-state index contributed by atoms with van der Waals surface area (Å²) in [7, 11) is 0. The predicted octanol–water partition coefficient (Wildman–Crippen LogP) is 7.97. The molecule has 2 aliphatic carbocycles. The van der Waals surface area contributed by atoms with Gasteiger partial charge in [-0.2, -0.15) is 0 Å². The van der Waals surface area contributed by atoms with Crippen LogP contribution in [0.4, 0.5) is 8.78 Å². The highest BCUT2D eigenvalue weighted by Gasteiger charge is 2.35. The average molecular weight is 431 g/mol. The number of allylic oxidation sites excluding steroid dienone is 2. The van der Waals surface area contributed by atoms with Crippen molar-refractivity contribution in [2.24, 2.45) is 17.8 Å². The Morgan fingerprint density at radius 2 is 1.59 bits per heavy atom. The van der Waals surface area contributed by atoms with Crippen LogP contribution < -0.4 is 0 Å². The summed E-state index contributed by atoms with van der Waals surface area (Å²) in [5.41, 5.74) is 2.67. The monoisotopic (exact) mass is 430 g/mol. The van der Waals surface area contributed by atoms with Crippen molar-refractivity contribution in [2.45, 2.75) is 57.3 Å². The fourth-order valence-electron chi connectivity index (χ4n) is 5.56. The minimum Gasteiger partial charge on any atom is -0.203 e. The van der Waals surface area contributed by atoms with Crippen molar-refractivity contribution in [3.63, 3.8) is 0 Å². The summed E-state index contributed by atoms with van der Waals surface area (Å²) in [6.45, 7) is 7.62. The van der Waals surface area contributed by atoms with Gasteiger partial charge < -0.3 is 0 Å². The molecule has 0 N–H and O–H groups in total. The summed E-state index contributed by atoms with van der Waals surface area (Å²) in [6, 6.07) is 11.5. The highest BCUT2D eigenvalue weighted by molar-refractivity contribution is 5.45. The molecule has 0 heterocycles. The Bertz CT molecular complexity index is 1020. The Morgan fingerprint density at radius 3 is 2.34 bits per heavy atom. The minimum atomic E-state index is -0.862. The molecular formula is C30H32F2. The van der Waals surface area contributed by atoms with Crippen LogP contribution in [-0.4, -0.2) is 0 Å². The molecule has 4 unspecified atom stereocenters. The Morgan fingerprint density at radius 1 is 0.844 bits per heavy atom. The summed E-state index contributed by atoms with van der Waals surface area (Å²) in [5, 5.41) is 0. The van der Waals surface area contributed by atoms with E-state index >= 15 is 0 Å². The van der Waals surface area contributed by atoms with Gasteiger partial charge in [0.15, 0.2) is 11.6 Å². The molecule has 0 bridgehead atoms. The maximum Gasteiger partial charge on any atom is 0.174 e. The zero-order valence-electron chi connectivity index (χ0n) is 18.8. The first-order valence-corrected chi connectivity index (χ1v) is 11.9. The van der Waals surface area contributed by atoms with Gasteiger partial charge in [-0.1, -0.05) is 42.2 Å². The van der Waals surface area contributed by atoms with E-state index in [1.807, 2.05) is 12.1 Å². The van der Waals surface area contributed by atoms with Gasteiger partial charge in [0.1, 0.15) is 0 Å². The molecule has 0 aromatic heterocycles. The van der Waals surface area contributed by atoms with Crippen LogP contribution in [-0.2, 0) is 6.42 Å². The standard InChI is InChI=1S/C30H32F2/c1-3-5-6-24-15-16-25(30(32)29(24)31)13-10-22-8-11-23(12-9-22)27-18-17-26-19-21(4-2)7-14-28(26)20-27/h3-4,8-9,11-12,15-16,21,26-28H,1-2,5-7,14,17-20H2. The van der Waals surface area contributed by atoms with Crippen molar-refractivity contribution in [3.05, 3.63) is 95.6 Å². The van der Waals surface area contributed by atoms with E-state index in [2.05, 4.69) is 43.2 Å². The van der Waals surface area contributed by atoms with Gasteiger partial charge in [-0.05, 0) is 104 Å². The smallest absolute Gasteiger partial charge is 0.174 e. The molecule has 2 fully saturated rings. The van der Waals surface area contributed by atoms with Crippen molar-refractivity contribution in [2.75, 3.05) is 0 Å². The molecule has 2 saturated carbocycles. The number of hydrogen-bond acceptors (Lipinski definition) is 0. The van der Waals surface area contributed by atoms with E-state index in [1.165, 1.54) is 44.1 Å². The van der Waals surface area contributed by atoms with Crippen molar-refractivity contribution in [1.29, 1.82) is 0 Å². The minimum absolute atomic E-state index is 0.0994. The third kappa shape index (κ3) is 5.04. The lowest BCUT2D eigenvalue weighted by atomic mass is 9.64. The van der Waals surface area contributed by atoms with E-state index in [-0.39, 0.29) is 5.56 Å². The topological polar surface area (TPSA) is 0 Å². The fraction of sp³-hybridized carbons (Fsp3) is 0.400. The average Bonchev–Trinajstić information content (AvgIpc) is 2.84. The van der Waals surface area contributed by atoms with Gasteiger partial charge in [0.2, 0.25) is 0 Å². The molecule has 0 radical (unpaired) electrons. The molecule has 0 spiro atoms. The molecule has 2 aromatic carbocycles. The van der Waals surface area contributed by atoms with E-state index in [0.717, 1.165) is 17.4 Å². The predicted molar refractivity (Wildman–Crippen MR) is 128 cm³/mol. The number of benzene rings is 2. The second kappa shape index (κ2) is 10.3. The Hall–Kier alpha value is -2.66. The number of rotatable bonds is 5. The second-order valence-corrected chi connectivity index (χ2v) is 9.44. The highest BCUT2D eigenvalue weighted by Crippen LogP contribution is 2.47. The molecule has 4 rings (SSSR count). The molecule has 32 heavy (non-hydrogen) atoms. The van der Waals surface area contributed by atoms with E-state index < -0.39 is 11.6 Å².